The maximum absolute atomic E-state index is 13.0. The number of aromatic amines is 1. The molecule has 1 aliphatic heterocycles. The maximum atomic E-state index is 13.0. The van der Waals surface area contributed by atoms with Crippen LogP contribution in [-0.4, -0.2) is 65.1 Å². The van der Waals surface area contributed by atoms with Gasteiger partial charge in [0, 0.05) is 44.2 Å². The third-order valence-electron chi connectivity index (χ3n) is 10.8. The molecule has 4 heterocycles. The number of carbonyl (C=O) groups is 4. The largest absolute Gasteiger partial charge is 0.446 e. The normalized spacial score (nSPS) is 18.6. The Bertz CT molecular complexity index is 2020. The van der Waals surface area contributed by atoms with Gasteiger partial charge in [0.1, 0.15) is 18.0 Å². The number of anilines is 1. The van der Waals surface area contributed by atoms with E-state index in [0.29, 0.717) is 24.2 Å². The van der Waals surface area contributed by atoms with Crippen LogP contribution in [0.1, 0.15) is 137 Å². The van der Waals surface area contributed by atoms with Gasteiger partial charge in [0.05, 0.1) is 28.5 Å². The molecule has 4 aromatic rings. The lowest BCUT2D eigenvalue weighted by molar-refractivity contribution is -0.135. The van der Waals surface area contributed by atoms with Crippen molar-refractivity contribution in [3.8, 4) is 0 Å². The number of hydrogen-bond donors (Lipinski definition) is 4. The molecular formula is C40H55N9O6. The van der Waals surface area contributed by atoms with Crippen molar-refractivity contribution in [3.63, 3.8) is 0 Å². The van der Waals surface area contributed by atoms with Crippen LogP contribution >= 0.6 is 0 Å². The zero-order valence-electron chi connectivity index (χ0n) is 32.3. The number of carbonyl (C=O) groups excluding carboxylic acids is 4. The summed E-state index contributed by atoms with van der Waals surface area (Å²) in [6.07, 6.45) is 17.1. The predicted molar refractivity (Wildman–Crippen MR) is 208 cm³/mol. The first-order valence-electron chi connectivity index (χ1n) is 20.0. The number of alkyl carbamates (subject to hydrolysis) is 1. The standard InChI is InChI=1S/C40H55N9O6/c1-26(2)42-39(53)55-30-16-15-28(22-30)31-23-35(46-45-31)43-37(51)29-24-41-48(25-29)20-12-10-8-6-4-5-7-9-11-13-27-14-17-32-34(21-27)47(3)40(54)49(32)33-18-19-36(50)44-38(33)52/h14,17,21,23-26,28,30,33H,4-13,15-16,18-20,22H2,1-3H3,(H,42,53)(H,44,50,52)(H2,43,45,46,51)/t28-,30+,33?/m0/s1. The molecule has 55 heavy (non-hydrogen) atoms. The lowest BCUT2D eigenvalue weighted by Crippen LogP contribution is -2.44. The first-order valence-corrected chi connectivity index (χ1v) is 20.0. The monoisotopic (exact) mass is 757 g/mol. The Morgan fingerprint density at radius 2 is 1.69 bits per heavy atom. The summed E-state index contributed by atoms with van der Waals surface area (Å²) in [6, 6.07) is 7.24. The Kier molecular flexibility index (Phi) is 13.2. The Morgan fingerprint density at radius 3 is 2.44 bits per heavy atom. The van der Waals surface area contributed by atoms with Gasteiger partial charge in [0.2, 0.25) is 11.8 Å². The van der Waals surface area contributed by atoms with Gasteiger partial charge < -0.3 is 15.4 Å². The fourth-order valence-electron chi connectivity index (χ4n) is 7.78. The van der Waals surface area contributed by atoms with Crippen molar-refractivity contribution in [2.45, 2.75) is 141 Å². The number of imide groups is 1. The van der Waals surface area contributed by atoms with Crippen LogP contribution < -0.4 is 21.6 Å². The number of rotatable bonds is 18. The number of ether oxygens (including phenoxy) is 1. The highest BCUT2D eigenvalue weighted by atomic mass is 16.6. The van der Waals surface area contributed by atoms with E-state index in [1.807, 2.05) is 36.7 Å². The fraction of sp³-hybridized carbons (Fsp3) is 0.575. The van der Waals surface area contributed by atoms with Crippen molar-refractivity contribution in [2.24, 2.45) is 7.05 Å². The molecule has 2 aliphatic rings. The van der Waals surface area contributed by atoms with Crippen LogP contribution in [0.15, 0.2) is 41.5 Å². The molecule has 1 aromatic carbocycles. The molecule has 2 fully saturated rings. The van der Waals surface area contributed by atoms with E-state index in [9.17, 15) is 24.0 Å². The zero-order valence-corrected chi connectivity index (χ0v) is 32.3. The molecule has 6 rings (SSSR count). The molecule has 15 nitrogen and oxygen atoms in total. The summed E-state index contributed by atoms with van der Waals surface area (Å²) in [6.45, 7) is 4.56. The molecule has 296 valence electrons. The number of amides is 4. The second kappa shape index (κ2) is 18.4. The summed E-state index contributed by atoms with van der Waals surface area (Å²) in [4.78, 5) is 61.9. The molecule has 3 aromatic heterocycles. The summed E-state index contributed by atoms with van der Waals surface area (Å²) in [5.41, 5.74) is 3.82. The lowest BCUT2D eigenvalue weighted by atomic mass is 10.0. The van der Waals surface area contributed by atoms with Crippen LogP contribution in [0.3, 0.4) is 0 Å². The number of aromatic nitrogens is 6. The summed E-state index contributed by atoms with van der Waals surface area (Å²) in [5.74, 6) is -0.257. The Hall–Kier alpha value is -5.21. The maximum Gasteiger partial charge on any atom is 0.407 e. The highest BCUT2D eigenvalue weighted by molar-refractivity contribution is 6.03. The second-order valence-corrected chi connectivity index (χ2v) is 15.4. The lowest BCUT2D eigenvalue weighted by Gasteiger charge is -2.21. The van der Waals surface area contributed by atoms with Crippen molar-refractivity contribution >= 4 is 40.7 Å². The third kappa shape index (κ3) is 10.3. The number of nitrogens with zero attached hydrogens (tertiary/aromatic N) is 5. The van der Waals surface area contributed by atoms with E-state index in [4.69, 9.17) is 4.74 Å². The molecule has 0 bridgehead atoms. The average molecular weight is 758 g/mol. The van der Waals surface area contributed by atoms with Gasteiger partial charge in [0.15, 0.2) is 0 Å². The molecule has 0 spiro atoms. The number of nitrogens with one attached hydrogen (secondary N) is 4. The first-order chi connectivity index (χ1) is 26.5. The summed E-state index contributed by atoms with van der Waals surface area (Å²) >= 11 is 0. The van der Waals surface area contributed by atoms with Crippen molar-refractivity contribution < 1.29 is 23.9 Å². The van der Waals surface area contributed by atoms with Gasteiger partial charge in [-0.15, -0.1) is 0 Å². The van der Waals surface area contributed by atoms with Crippen LogP contribution in [-0.2, 0) is 34.3 Å². The highest BCUT2D eigenvalue weighted by Gasteiger charge is 2.32. The van der Waals surface area contributed by atoms with Crippen LogP contribution in [0, 0.1) is 0 Å². The number of aryl methyl sites for hydroxylation is 3. The van der Waals surface area contributed by atoms with Gasteiger partial charge in [-0.25, -0.2) is 9.59 Å². The van der Waals surface area contributed by atoms with Crippen molar-refractivity contribution in [1.82, 2.24) is 39.7 Å². The van der Waals surface area contributed by atoms with E-state index >= 15 is 0 Å². The molecule has 1 saturated heterocycles. The van der Waals surface area contributed by atoms with Gasteiger partial charge in [-0.1, -0.05) is 51.0 Å². The van der Waals surface area contributed by atoms with Gasteiger partial charge >= 0.3 is 11.8 Å². The zero-order chi connectivity index (χ0) is 38.9. The highest BCUT2D eigenvalue weighted by Crippen LogP contribution is 2.36. The van der Waals surface area contributed by atoms with Gasteiger partial charge in [-0.2, -0.15) is 10.2 Å². The minimum atomic E-state index is -0.666. The average Bonchev–Trinajstić information content (AvgIpc) is 3.96. The van der Waals surface area contributed by atoms with E-state index in [1.165, 1.54) is 42.2 Å². The Morgan fingerprint density at radius 1 is 0.945 bits per heavy atom. The van der Waals surface area contributed by atoms with Crippen molar-refractivity contribution in [2.75, 3.05) is 5.32 Å². The number of imidazole rings is 1. The quantitative estimate of drug-likeness (QED) is 0.0701. The van der Waals surface area contributed by atoms with Gasteiger partial charge in [-0.05, 0) is 76.5 Å². The SMILES string of the molecule is CC(C)NC(=O)O[C@@H]1CC[C@H](c2cc(NC(=O)c3cnn(CCCCCCCCCCCc4ccc5c(c4)n(C)c(=O)n5C4CCC(=O)NC4=O)c3)[nH]n2)C1. The van der Waals surface area contributed by atoms with E-state index in [1.54, 1.807) is 24.0 Å². The summed E-state index contributed by atoms with van der Waals surface area (Å²) < 4.78 is 10.5. The summed E-state index contributed by atoms with van der Waals surface area (Å²) in [7, 11) is 1.73. The Balaban J connectivity index is 0.817. The van der Waals surface area contributed by atoms with Crippen LogP contribution in [0.2, 0.25) is 0 Å². The smallest absolute Gasteiger partial charge is 0.407 e. The molecule has 3 atom stereocenters. The number of piperidine rings is 1. The minimum Gasteiger partial charge on any atom is -0.446 e. The van der Waals surface area contributed by atoms with Crippen molar-refractivity contribution in [3.05, 3.63) is 64.0 Å². The molecular weight excluding hydrogens is 702 g/mol. The predicted octanol–water partition coefficient (Wildman–Crippen LogP) is 6.01. The number of fused-ring (bicyclic) bond motifs is 1. The number of benzene rings is 1. The molecule has 1 unspecified atom stereocenters. The molecule has 1 saturated carbocycles. The first kappa shape index (κ1) is 39.5. The minimum absolute atomic E-state index is 0.0281. The third-order valence-corrected chi connectivity index (χ3v) is 10.8. The van der Waals surface area contributed by atoms with Crippen LogP contribution in [0.5, 0.6) is 0 Å². The molecule has 4 N–H and O–H groups in total. The number of unbranched alkanes of at least 4 members (excludes halogenated alkanes) is 8. The van der Waals surface area contributed by atoms with Crippen LogP contribution in [0.25, 0.3) is 11.0 Å². The van der Waals surface area contributed by atoms with E-state index in [0.717, 1.165) is 68.2 Å². The van der Waals surface area contributed by atoms with Gasteiger partial charge in [-0.3, -0.25) is 38.6 Å². The number of hydrogen-bond acceptors (Lipinski definition) is 8. The topological polar surface area (TPSA) is 187 Å². The second-order valence-electron chi connectivity index (χ2n) is 15.4. The van der Waals surface area contributed by atoms with E-state index in [2.05, 4.69) is 37.3 Å². The molecule has 15 heteroatoms. The number of H-pyrrole nitrogens is 1. The van der Waals surface area contributed by atoms with Crippen LogP contribution in [0.4, 0.5) is 10.6 Å². The summed E-state index contributed by atoms with van der Waals surface area (Å²) in [5, 5.41) is 19.7. The van der Waals surface area contributed by atoms with E-state index in [-0.39, 0.29) is 48.1 Å². The fourth-order valence-corrected chi connectivity index (χ4v) is 7.78. The molecule has 1 aliphatic carbocycles. The van der Waals surface area contributed by atoms with Gasteiger partial charge in [0.25, 0.3) is 5.91 Å². The molecule has 4 amide bonds. The van der Waals surface area contributed by atoms with Crippen molar-refractivity contribution in [1.29, 1.82) is 0 Å². The molecule has 0 radical (unpaired) electrons. The van der Waals surface area contributed by atoms with E-state index < -0.39 is 11.9 Å². The Labute approximate surface area is 320 Å².